The lowest BCUT2D eigenvalue weighted by Crippen LogP contribution is -2.59. The van der Waals surface area contributed by atoms with Gasteiger partial charge in [0, 0.05) is 6.61 Å². The van der Waals surface area contributed by atoms with E-state index in [2.05, 4.69) is 6.58 Å². The summed E-state index contributed by atoms with van der Waals surface area (Å²) >= 11 is 0. The second kappa shape index (κ2) is 11.9. The monoisotopic (exact) mass is 332 g/mol. The van der Waals surface area contributed by atoms with Gasteiger partial charge in [-0.05, 0) is 19.3 Å². The Morgan fingerprint density at radius 3 is 2.09 bits per heavy atom. The van der Waals surface area contributed by atoms with E-state index in [9.17, 15) is 15.3 Å². The van der Waals surface area contributed by atoms with Crippen LogP contribution in [-0.2, 0) is 9.47 Å². The summed E-state index contributed by atoms with van der Waals surface area (Å²) in [5.74, 6) is 0. The number of rotatable bonds is 12. The fourth-order valence-electron chi connectivity index (χ4n) is 2.68. The van der Waals surface area contributed by atoms with Crippen LogP contribution in [0.15, 0.2) is 12.7 Å². The van der Waals surface area contributed by atoms with Crippen LogP contribution in [0, 0.1) is 0 Å². The second-order valence-corrected chi connectivity index (χ2v) is 6.12. The molecule has 0 radical (unpaired) electrons. The standard InChI is InChI=1S/C17H32O6/c1-2-3-4-5-6-7-8-9-10-11-22-17-16(21)15(20)14(19)13(12-18)23-17/h2,13-21H,1,3-12H2/t13-,14-,15+,16-,17+/m1/s1. The first-order valence-corrected chi connectivity index (χ1v) is 8.64. The molecule has 1 rings (SSSR count). The minimum Gasteiger partial charge on any atom is -0.394 e. The lowest BCUT2D eigenvalue weighted by atomic mass is 9.99. The molecular weight excluding hydrogens is 300 g/mol. The predicted octanol–water partition coefficient (Wildman–Crippen LogP) is 1.11. The van der Waals surface area contributed by atoms with Crippen LogP contribution >= 0.6 is 0 Å². The average Bonchev–Trinajstić information content (AvgIpc) is 2.56. The van der Waals surface area contributed by atoms with E-state index >= 15 is 0 Å². The first kappa shape index (κ1) is 20.5. The van der Waals surface area contributed by atoms with E-state index in [0.29, 0.717) is 6.61 Å². The molecule has 0 aromatic carbocycles. The fourth-order valence-corrected chi connectivity index (χ4v) is 2.68. The van der Waals surface area contributed by atoms with Gasteiger partial charge in [-0.1, -0.05) is 38.2 Å². The summed E-state index contributed by atoms with van der Waals surface area (Å²) in [5.41, 5.74) is 0. The predicted molar refractivity (Wildman–Crippen MR) is 86.9 cm³/mol. The smallest absolute Gasteiger partial charge is 0.186 e. The van der Waals surface area contributed by atoms with Crippen molar-refractivity contribution in [2.75, 3.05) is 13.2 Å². The molecule has 6 nitrogen and oxygen atoms in total. The molecule has 5 atom stereocenters. The van der Waals surface area contributed by atoms with E-state index in [4.69, 9.17) is 14.6 Å². The van der Waals surface area contributed by atoms with Gasteiger partial charge in [0.2, 0.25) is 0 Å². The summed E-state index contributed by atoms with van der Waals surface area (Å²) < 4.78 is 10.7. The zero-order chi connectivity index (χ0) is 17.1. The lowest BCUT2D eigenvalue weighted by molar-refractivity contribution is -0.301. The van der Waals surface area contributed by atoms with Crippen LogP contribution in [0.25, 0.3) is 0 Å². The Morgan fingerprint density at radius 2 is 1.48 bits per heavy atom. The number of hydrogen-bond acceptors (Lipinski definition) is 6. The van der Waals surface area contributed by atoms with Crippen LogP contribution in [0.2, 0.25) is 0 Å². The minimum atomic E-state index is -1.37. The average molecular weight is 332 g/mol. The first-order chi connectivity index (χ1) is 11.1. The number of ether oxygens (including phenoxy) is 2. The molecule has 1 fully saturated rings. The third kappa shape index (κ3) is 7.28. The van der Waals surface area contributed by atoms with Crippen molar-refractivity contribution in [1.82, 2.24) is 0 Å². The van der Waals surface area contributed by atoms with Gasteiger partial charge in [0.1, 0.15) is 24.4 Å². The molecule has 0 aliphatic carbocycles. The summed E-state index contributed by atoms with van der Waals surface area (Å²) in [6.45, 7) is 3.69. The molecule has 0 aromatic heterocycles. The lowest BCUT2D eigenvalue weighted by Gasteiger charge is -2.39. The molecule has 4 N–H and O–H groups in total. The molecule has 0 unspecified atom stereocenters. The Balaban J connectivity index is 2.07. The molecular formula is C17H32O6. The number of hydrogen-bond donors (Lipinski definition) is 4. The highest BCUT2D eigenvalue weighted by Gasteiger charge is 2.43. The normalized spacial score (nSPS) is 31.2. The number of aliphatic hydroxyl groups excluding tert-OH is 4. The van der Waals surface area contributed by atoms with Gasteiger partial charge in [-0.2, -0.15) is 0 Å². The van der Waals surface area contributed by atoms with Crippen molar-refractivity contribution < 1.29 is 29.9 Å². The third-order valence-electron chi connectivity index (χ3n) is 4.18. The van der Waals surface area contributed by atoms with Gasteiger partial charge in [0.25, 0.3) is 0 Å². The van der Waals surface area contributed by atoms with Crippen molar-refractivity contribution >= 4 is 0 Å². The summed E-state index contributed by atoms with van der Waals surface area (Å²) in [6.07, 6.45) is 5.04. The van der Waals surface area contributed by atoms with Crippen LogP contribution in [0.1, 0.15) is 51.4 Å². The molecule has 0 aromatic rings. The van der Waals surface area contributed by atoms with Crippen molar-refractivity contribution in [2.24, 2.45) is 0 Å². The van der Waals surface area contributed by atoms with E-state index in [1.165, 1.54) is 25.7 Å². The SMILES string of the molecule is C=CCCCCCCCCCO[C@H]1O[C@H](CO)[C@@H](O)[C@H](O)[C@H]1O. The van der Waals surface area contributed by atoms with Gasteiger partial charge in [-0.3, -0.25) is 0 Å². The van der Waals surface area contributed by atoms with E-state index in [1.807, 2.05) is 6.08 Å². The van der Waals surface area contributed by atoms with Crippen molar-refractivity contribution in [1.29, 1.82) is 0 Å². The van der Waals surface area contributed by atoms with Gasteiger partial charge in [0.15, 0.2) is 6.29 Å². The largest absolute Gasteiger partial charge is 0.394 e. The van der Waals surface area contributed by atoms with Gasteiger partial charge in [-0.15, -0.1) is 6.58 Å². The molecule has 1 heterocycles. The zero-order valence-corrected chi connectivity index (χ0v) is 13.8. The first-order valence-electron chi connectivity index (χ1n) is 8.64. The minimum absolute atomic E-state index is 0.416. The maximum Gasteiger partial charge on any atom is 0.186 e. The fraction of sp³-hybridized carbons (Fsp3) is 0.882. The highest BCUT2D eigenvalue weighted by Crippen LogP contribution is 2.22. The molecule has 6 heteroatoms. The maximum atomic E-state index is 9.82. The zero-order valence-electron chi connectivity index (χ0n) is 13.8. The molecule has 0 bridgehead atoms. The Labute approximate surface area is 138 Å². The maximum absolute atomic E-state index is 9.82. The molecule has 0 amide bonds. The Bertz CT molecular complexity index is 309. The molecule has 1 aliphatic heterocycles. The highest BCUT2D eigenvalue weighted by atomic mass is 16.7. The summed E-state index contributed by atoms with van der Waals surface area (Å²) in [7, 11) is 0. The molecule has 1 aliphatic rings. The Morgan fingerprint density at radius 1 is 0.870 bits per heavy atom. The van der Waals surface area contributed by atoms with Gasteiger partial charge in [0.05, 0.1) is 6.61 Å². The number of allylic oxidation sites excluding steroid dienone is 1. The second-order valence-electron chi connectivity index (χ2n) is 6.12. The van der Waals surface area contributed by atoms with E-state index in [1.54, 1.807) is 0 Å². The van der Waals surface area contributed by atoms with Crippen LogP contribution < -0.4 is 0 Å². The van der Waals surface area contributed by atoms with Crippen LogP contribution in [0.4, 0.5) is 0 Å². The van der Waals surface area contributed by atoms with Crippen LogP contribution in [-0.4, -0.2) is 64.3 Å². The van der Waals surface area contributed by atoms with Crippen molar-refractivity contribution in [3.8, 4) is 0 Å². The van der Waals surface area contributed by atoms with E-state index in [0.717, 1.165) is 25.7 Å². The molecule has 1 saturated heterocycles. The molecule has 0 spiro atoms. The topological polar surface area (TPSA) is 99.4 Å². The molecule has 136 valence electrons. The van der Waals surface area contributed by atoms with E-state index < -0.39 is 37.3 Å². The van der Waals surface area contributed by atoms with Crippen molar-refractivity contribution in [3.05, 3.63) is 12.7 Å². The van der Waals surface area contributed by atoms with Crippen molar-refractivity contribution in [2.45, 2.75) is 82.1 Å². The Kier molecular flexibility index (Phi) is 10.7. The summed E-state index contributed by atoms with van der Waals surface area (Å²) in [6, 6.07) is 0. The van der Waals surface area contributed by atoms with E-state index in [-0.39, 0.29) is 0 Å². The quantitative estimate of drug-likeness (QED) is 0.316. The highest BCUT2D eigenvalue weighted by molar-refractivity contribution is 4.88. The van der Waals surface area contributed by atoms with Crippen LogP contribution in [0.3, 0.4) is 0 Å². The Hall–Kier alpha value is -0.500. The van der Waals surface area contributed by atoms with Crippen molar-refractivity contribution in [3.63, 3.8) is 0 Å². The molecule has 0 saturated carbocycles. The van der Waals surface area contributed by atoms with Crippen LogP contribution in [0.5, 0.6) is 0 Å². The summed E-state index contributed by atoms with van der Waals surface area (Å²) in [5, 5.41) is 38.2. The molecule has 23 heavy (non-hydrogen) atoms. The van der Waals surface area contributed by atoms with Gasteiger partial charge in [-0.25, -0.2) is 0 Å². The third-order valence-corrected chi connectivity index (χ3v) is 4.18. The number of unbranched alkanes of at least 4 members (excludes halogenated alkanes) is 7. The summed E-state index contributed by atoms with van der Waals surface area (Å²) in [4.78, 5) is 0. The van der Waals surface area contributed by atoms with Gasteiger partial charge < -0.3 is 29.9 Å². The number of aliphatic hydroxyl groups is 4. The van der Waals surface area contributed by atoms with Gasteiger partial charge >= 0.3 is 0 Å².